The molecule has 1 heterocycles. The molecule has 0 aromatic heterocycles. The molecule has 0 N–H and O–H groups in total. The molecule has 20 heavy (non-hydrogen) atoms. The Kier molecular flexibility index (Phi) is 5.10. The monoisotopic (exact) mass is 342 g/mol. The third-order valence-electron chi connectivity index (χ3n) is 3.07. The van der Waals surface area contributed by atoms with E-state index < -0.39 is 5.79 Å². The number of hydrogen-bond acceptors (Lipinski definition) is 3. The van der Waals surface area contributed by atoms with Crippen LogP contribution in [-0.4, -0.2) is 32.4 Å². The van der Waals surface area contributed by atoms with Crippen molar-refractivity contribution < 1.29 is 18.6 Å². The van der Waals surface area contributed by atoms with E-state index >= 15 is 0 Å². The molecule has 0 bridgehead atoms. The zero-order chi connectivity index (χ0) is 14.8. The van der Waals surface area contributed by atoms with E-state index in [9.17, 15) is 4.39 Å². The van der Waals surface area contributed by atoms with Gasteiger partial charge >= 0.3 is 0 Å². The highest BCUT2D eigenvalue weighted by molar-refractivity contribution is 9.10. The highest BCUT2D eigenvalue weighted by atomic mass is 79.9. The van der Waals surface area contributed by atoms with E-state index in [1.807, 2.05) is 13.8 Å². The highest BCUT2D eigenvalue weighted by Gasteiger charge is 2.38. The Labute approximate surface area is 128 Å². The van der Waals surface area contributed by atoms with Crippen molar-refractivity contribution in [3.8, 4) is 5.75 Å². The lowest BCUT2D eigenvalue weighted by atomic mass is 9.96. The van der Waals surface area contributed by atoms with Crippen LogP contribution < -0.4 is 4.74 Å². The van der Waals surface area contributed by atoms with Crippen LogP contribution in [0, 0.1) is 5.82 Å². The van der Waals surface area contributed by atoms with Crippen LogP contribution in [0.2, 0.25) is 6.32 Å². The van der Waals surface area contributed by atoms with Crippen LogP contribution in [0.5, 0.6) is 5.75 Å². The van der Waals surface area contributed by atoms with E-state index in [1.165, 1.54) is 12.1 Å². The predicted octanol–water partition coefficient (Wildman–Crippen LogP) is 3.46. The molecule has 2 rings (SSSR count). The Hall–Kier alpha value is -0.585. The molecule has 0 saturated carbocycles. The third kappa shape index (κ3) is 3.96. The molecule has 0 aliphatic carbocycles. The van der Waals surface area contributed by atoms with Gasteiger partial charge in [-0.3, -0.25) is 0 Å². The number of hydrogen-bond donors (Lipinski definition) is 0. The van der Waals surface area contributed by atoms with Crippen molar-refractivity contribution in [2.24, 2.45) is 0 Å². The first-order chi connectivity index (χ1) is 9.41. The van der Waals surface area contributed by atoms with E-state index in [4.69, 9.17) is 22.1 Å². The van der Waals surface area contributed by atoms with Gasteiger partial charge in [0.2, 0.25) is 0 Å². The lowest BCUT2D eigenvalue weighted by molar-refractivity contribution is -0.149. The standard InChI is InChI=1S/C14H17BBrFO3/c1-14(2)18-8-13(20-14)12(5-6-15)19-11-4-3-9(17)7-10(11)16/h3-4,7,12-13H,5-6,8H2,1-2H3/t12?,13-/m0/s1. The largest absolute Gasteiger partial charge is 0.486 e. The van der Waals surface area contributed by atoms with Crippen molar-refractivity contribution in [3.05, 3.63) is 28.5 Å². The SMILES string of the molecule is [B]CCC(Oc1ccc(F)cc1Br)[C@@H]1COC(C)(C)O1. The quantitative estimate of drug-likeness (QED) is 0.767. The van der Waals surface area contributed by atoms with Crippen molar-refractivity contribution in [3.63, 3.8) is 0 Å². The molecule has 2 radical (unpaired) electrons. The van der Waals surface area contributed by atoms with Gasteiger partial charge in [-0.25, -0.2) is 4.39 Å². The zero-order valence-corrected chi connectivity index (χ0v) is 13.2. The van der Waals surface area contributed by atoms with Gasteiger partial charge in [0.25, 0.3) is 0 Å². The molecule has 2 atom stereocenters. The van der Waals surface area contributed by atoms with Crippen molar-refractivity contribution in [1.29, 1.82) is 0 Å². The van der Waals surface area contributed by atoms with Gasteiger partial charge in [-0.1, -0.05) is 6.32 Å². The van der Waals surface area contributed by atoms with E-state index in [-0.39, 0.29) is 18.0 Å². The molecule has 3 nitrogen and oxygen atoms in total. The lowest BCUT2D eigenvalue weighted by Gasteiger charge is -2.25. The predicted molar refractivity (Wildman–Crippen MR) is 78.6 cm³/mol. The Morgan fingerprint density at radius 3 is 2.85 bits per heavy atom. The maximum absolute atomic E-state index is 13.1. The normalized spacial score (nSPS) is 22.7. The molecule has 1 unspecified atom stereocenters. The van der Waals surface area contributed by atoms with Gasteiger partial charge in [0, 0.05) is 0 Å². The van der Waals surface area contributed by atoms with Crippen LogP contribution in [0.1, 0.15) is 20.3 Å². The van der Waals surface area contributed by atoms with Gasteiger partial charge in [0.05, 0.1) is 18.9 Å². The summed E-state index contributed by atoms with van der Waals surface area (Å²) >= 11 is 3.29. The summed E-state index contributed by atoms with van der Waals surface area (Å²) in [5, 5.41) is 0. The molecule has 0 spiro atoms. The average Bonchev–Trinajstić information content (AvgIpc) is 2.72. The minimum atomic E-state index is -0.610. The van der Waals surface area contributed by atoms with Gasteiger partial charge < -0.3 is 14.2 Å². The van der Waals surface area contributed by atoms with E-state index in [2.05, 4.69) is 15.9 Å². The molecular weight excluding hydrogens is 326 g/mol. The Morgan fingerprint density at radius 2 is 2.30 bits per heavy atom. The van der Waals surface area contributed by atoms with Gasteiger partial charge in [-0.2, -0.15) is 0 Å². The summed E-state index contributed by atoms with van der Waals surface area (Å²) in [5.41, 5.74) is 0. The average molecular weight is 343 g/mol. The lowest BCUT2D eigenvalue weighted by Crippen LogP contribution is -2.35. The maximum atomic E-state index is 13.1. The van der Waals surface area contributed by atoms with Gasteiger partial charge in [-0.15, -0.1) is 0 Å². The van der Waals surface area contributed by atoms with Gasteiger partial charge in [-0.05, 0) is 54.4 Å². The number of ether oxygens (including phenoxy) is 3. The molecule has 0 amide bonds. The van der Waals surface area contributed by atoms with Crippen LogP contribution in [0.4, 0.5) is 4.39 Å². The molecule has 1 fully saturated rings. The van der Waals surface area contributed by atoms with E-state index in [1.54, 1.807) is 6.07 Å². The summed E-state index contributed by atoms with van der Waals surface area (Å²) in [6, 6.07) is 4.31. The summed E-state index contributed by atoms with van der Waals surface area (Å²) in [4.78, 5) is 0. The fraction of sp³-hybridized carbons (Fsp3) is 0.571. The second-order valence-corrected chi connectivity index (χ2v) is 6.03. The first kappa shape index (κ1) is 15.8. The molecule has 1 aliphatic rings. The van der Waals surface area contributed by atoms with Gasteiger partial charge in [0.1, 0.15) is 23.8 Å². The molecule has 1 aliphatic heterocycles. The summed E-state index contributed by atoms with van der Waals surface area (Å²) < 4.78 is 30.9. The van der Waals surface area contributed by atoms with E-state index in [0.717, 1.165) is 0 Å². The Morgan fingerprint density at radius 1 is 1.55 bits per heavy atom. The first-order valence-corrected chi connectivity index (χ1v) is 7.34. The van der Waals surface area contributed by atoms with Crippen molar-refractivity contribution in [2.75, 3.05) is 6.61 Å². The molecule has 108 valence electrons. The maximum Gasteiger partial charge on any atom is 0.163 e. The third-order valence-corrected chi connectivity index (χ3v) is 3.69. The second kappa shape index (κ2) is 6.45. The summed E-state index contributed by atoms with van der Waals surface area (Å²) in [7, 11) is 5.63. The second-order valence-electron chi connectivity index (χ2n) is 5.18. The molecule has 1 saturated heterocycles. The topological polar surface area (TPSA) is 27.7 Å². The Bertz CT molecular complexity index is 470. The van der Waals surface area contributed by atoms with E-state index in [0.29, 0.717) is 29.6 Å². The van der Waals surface area contributed by atoms with Crippen LogP contribution in [0.3, 0.4) is 0 Å². The van der Waals surface area contributed by atoms with Crippen LogP contribution in [-0.2, 0) is 9.47 Å². The Balaban J connectivity index is 2.09. The summed E-state index contributed by atoms with van der Waals surface area (Å²) in [6.07, 6.45) is 0.687. The highest BCUT2D eigenvalue weighted by Crippen LogP contribution is 2.31. The molecule has 6 heteroatoms. The zero-order valence-electron chi connectivity index (χ0n) is 11.6. The number of rotatable bonds is 5. The molecule has 1 aromatic rings. The fourth-order valence-corrected chi connectivity index (χ4v) is 2.56. The van der Waals surface area contributed by atoms with Crippen LogP contribution >= 0.6 is 15.9 Å². The molecular formula is C14H17BBrFO3. The first-order valence-electron chi connectivity index (χ1n) is 6.55. The molecule has 1 aromatic carbocycles. The number of halogens is 2. The summed E-state index contributed by atoms with van der Waals surface area (Å²) in [5.74, 6) is -0.361. The van der Waals surface area contributed by atoms with Crippen LogP contribution in [0.25, 0.3) is 0 Å². The summed E-state index contributed by atoms with van der Waals surface area (Å²) in [6.45, 7) is 4.18. The van der Waals surface area contributed by atoms with Crippen LogP contribution in [0.15, 0.2) is 22.7 Å². The van der Waals surface area contributed by atoms with Crippen molar-refractivity contribution in [2.45, 2.75) is 44.6 Å². The van der Waals surface area contributed by atoms with Gasteiger partial charge in [0.15, 0.2) is 5.79 Å². The minimum Gasteiger partial charge on any atom is -0.486 e. The van der Waals surface area contributed by atoms with Crippen molar-refractivity contribution >= 4 is 23.8 Å². The fourth-order valence-electron chi connectivity index (χ4n) is 2.12. The van der Waals surface area contributed by atoms with Crippen molar-refractivity contribution in [1.82, 2.24) is 0 Å². The minimum absolute atomic E-state index is 0.189. The smallest absolute Gasteiger partial charge is 0.163 e. The number of benzene rings is 1.